The average molecular weight is 644 g/mol. The number of fused-ring (bicyclic) bond motifs is 12. The highest BCUT2D eigenvalue weighted by Crippen LogP contribution is 2.39. The van der Waals surface area contributed by atoms with Crippen molar-refractivity contribution in [1.82, 2.24) is 13.6 Å². The summed E-state index contributed by atoms with van der Waals surface area (Å²) in [4.78, 5) is 28.5. The lowest BCUT2D eigenvalue weighted by atomic mass is 10.0. The molecule has 0 bridgehead atoms. The molecule has 0 aliphatic rings. The number of para-hydroxylation sites is 1. The second kappa shape index (κ2) is 9.81. The van der Waals surface area contributed by atoms with Crippen LogP contribution in [0.3, 0.4) is 0 Å². The Labute approximate surface area is 283 Å². The van der Waals surface area contributed by atoms with Crippen LogP contribution in [-0.4, -0.2) is 13.6 Å². The van der Waals surface area contributed by atoms with Crippen LogP contribution in [0.25, 0.3) is 93.5 Å². The third-order valence-corrected chi connectivity index (χ3v) is 10.2. The highest BCUT2D eigenvalue weighted by molar-refractivity contribution is 6.19. The number of hydrogen-bond acceptors (Lipinski definition) is 3. The Morgan fingerprint density at radius 3 is 1.86 bits per heavy atom. The molecule has 0 fully saturated rings. The van der Waals surface area contributed by atoms with E-state index in [0.717, 1.165) is 60.5 Å². The minimum Gasteiger partial charge on any atom is -0.456 e. The maximum Gasteiger partial charge on any atom is 0.283 e. The fourth-order valence-electron chi connectivity index (χ4n) is 7.98. The molecule has 0 unspecified atom stereocenters. The molecule has 6 nitrogen and oxygen atoms in total. The average Bonchev–Trinajstić information content (AvgIpc) is 3.88. The van der Waals surface area contributed by atoms with Crippen molar-refractivity contribution >= 4 is 65.6 Å². The summed E-state index contributed by atoms with van der Waals surface area (Å²) in [5.41, 5.74) is 9.41. The van der Waals surface area contributed by atoms with Gasteiger partial charge in [-0.2, -0.15) is 4.52 Å². The van der Waals surface area contributed by atoms with Crippen molar-refractivity contribution in [3.8, 4) is 27.9 Å². The molecule has 0 aliphatic carbocycles. The van der Waals surface area contributed by atoms with Crippen LogP contribution in [0.5, 0.6) is 0 Å². The molecule has 0 N–H and O–H groups in total. The summed E-state index contributed by atoms with van der Waals surface area (Å²) in [6.45, 7) is 0. The predicted molar refractivity (Wildman–Crippen MR) is 202 cm³/mol. The monoisotopic (exact) mass is 643 g/mol. The lowest BCUT2D eigenvalue weighted by Gasteiger charge is -2.11. The number of nitrogens with zero attached hydrogens (tertiary/aromatic N) is 3. The van der Waals surface area contributed by atoms with Gasteiger partial charge in [0.15, 0.2) is 0 Å². The van der Waals surface area contributed by atoms with Crippen LogP contribution in [0, 0.1) is 0 Å². The van der Waals surface area contributed by atoms with E-state index < -0.39 is 0 Å². The summed E-state index contributed by atoms with van der Waals surface area (Å²) < 4.78 is 11.4. The maximum atomic E-state index is 14.3. The van der Waals surface area contributed by atoms with E-state index in [2.05, 4.69) is 89.5 Å². The molecule has 11 rings (SSSR count). The summed E-state index contributed by atoms with van der Waals surface area (Å²) in [7, 11) is 0. The zero-order chi connectivity index (χ0) is 33.1. The summed E-state index contributed by atoms with van der Waals surface area (Å²) in [6, 6.07) is 51.3. The predicted octanol–water partition coefficient (Wildman–Crippen LogP) is 9.83. The molecule has 0 spiro atoms. The van der Waals surface area contributed by atoms with Crippen molar-refractivity contribution in [3.05, 3.63) is 172 Å². The molecule has 234 valence electrons. The SMILES string of the molecule is O=c1c2cc3c4cc(-c5ccccc5)ccc4n(-c4cccc(-c5ccccc5)c4)c3cc2n2c3ccc4oc5ccccc5c4c3c(=O)n12. The van der Waals surface area contributed by atoms with Gasteiger partial charge in [-0.15, -0.1) is 0 Å². The second-order valence-corrected chi connectivity index (χ2v) is 12.9. The van der Waals surface area contributed by atoms with Crippen molar-refractivity contribution in [1.29, 1.82) is 0 Å². The molecular formula is C44H25N3O3. The highest BCUT2D eigenvalue weighted by Gasteiger charge is 2.24. The Kier molecular flexibility index (Phi) is 5.31. The van der Waals surface area contributed by atoms with E-state index in [4.69, 9.17) is 4.42 Å². The van der Waals surface area contributed by atoms with Gasteiger partial charge in [-0.3, -0.25) is 9.59 Å². The van der Waals surface area contributed by atoms with Gasteiger partial charge >= 0.3 is 0 Å². The van der Waals surface area contributed by atoms with E-state index in [1.165, 1.54) is 4.52 Å². The van der Waals surface area contributed by atoms with Crippen LogP contribution in [0.2, 0.25) is 0 Å². The van der Waals surface area contributed by atoms with Crippen LogP contribution in [0.4, 0.5) is 0 Å². The maximum absolute atomic E-state index is 14.3. The Morgan fingerprint density at radius 2 is 1.06 bits per heavy atom. The Morgan fingerprint density at radius 1 is 0.380 bits per heavy atom. The topological polar surface area (TPSA) is 61.0 Å². The number of benzene rings is 7. The molecule has 11 aromatic rings. The molecule has 0 atom stereocenters. The third-order valence-electron chi connectivity index (χ3n) is 10.2. The van der Waals surface area contributed by atoms with Gasteiger partial charge in [-0.25, -0.2) is 4.52 Å². The van der Waals surface area contributed by atoms with Gasteiger partial charge in [0.1, 0.15) is 11.2 Å². The summed E-state index contributed by atoms with van der Waals surface area (Å²) in [5, 5.41) is 4.54. The fourth-order valence-corrected chi connectivity index (χ4v) is 7.98. The zero-order valence-corrected chi connectivity index (χ0v) is 26.5. The number of rotatable bonds is 3. The van der Waals surface area contributed by atoms with Crippen molar-refractivity contribution < 1.29 is 4.42 Å². The van der Waals surface area contributed by atoms with Crippen LogP contribution >= 0.6 is 0 Å². The van der Waals surface area contributed by atoms with Gasteiger partial charge in [0.2, 0.25) is 0 Å². The second-order valence-electron chi connectivity index (χ2n) is 12.9. The highest BCUT2D eigenvalue weighted by atomic mass is 16.3. The van der Waals surface area contributed by atoms with Gasteiger partial charge in [0.05, 0.1) is 32.8 Å². The number of aromatic nitrogens is 3. The van der Waals surface area contributed by atoms with E-state index in [9.17, 15) is 9.59 Å². The first-order valence-electron chi connectivity index (χ1n) is 16.6. The molecule has 6 heteroatoms. The van der Waals surface area contributed by atoms with E-state index in [1.54, 1.807) is 4.52 Å². The molecule has 7 aromatic carbocycles. The molecular weight excluding hydrogens is 619 g/mol. The first kappa shape index (κ1) is 27.1. The minimum absolute atomic E-state index is 0.338. The Balaban J connectivity index is 1.27. The molecule has 0 saturated heterocycles. The lowest BCUT2D eigenvalue weighted by Crippen LogP contribution is -2.21. The third kappa shape index (κ3) is 3.56. The van der Waals surface area contributed by atoms with Crippen molar-refractivity contribution in [2.45, 2.75) is 0 Å². The van der Waals surface area contributed by atoms with Crippen LogP contribution in [0.15, 0.2) is 166 Å². The van der Waals surface area contributed by atoms with Crippen molar-refractivity contribution in [2.24, 2.45) is 0 Å². The van der Waals surface area contributed by atoms with Crippen molar-refractivity contribution in [2.75, 3.05) is 0 Å². The van der Waals surface area contributed by atoms with Gasteiger partial charge < -0.3 is 8.98 Å². The first-order chi connectivity index (χ1) is 24.6. The minimum atomic E-state index is -0.349. The molecule has 0 radical (unpaired) electrons. The summed E-state index contributed by atoms with van der Waals surface area (Å²) in [5.74, 6) is 0. The number of furan rings is 1. The van der Waals surface area contributed by atoms with E-state index in [0.29, 0.717) is 33.0 Å². The Hall–Kier alpha value is -6.92. The summed E-state index contributed by atoms with van der Waals surface area (Å²) >= 11 is 0. The molecule has 0 aliphatic heterocycles. The first-order valence-corrected chi connectivity index (χ1v) is 16.6. The zero-order valence-electron chi connectivity index (χ0n) is 26.5. The molecule has 50 heavy (non-hydrogen) atoms. The summed E-state index contributed by atoms with van der Waals surface area (Å²) in [6.07, 6.45) is 0. The van der Waals surface area contributed by atoms with E-state index in [1.807, 2.05) is 66.7 Å². The van der Waals surface area contributed by atoms with Crippen LogP contribution in [-0.2, 0) is 0 Å². The quantitative estimate of drug-likeness (QED) is 0.193. The van der Waals surface area contributed by atoms with Crippen molar-refractivity contribution in [3.63, 3.8) is 0 Å². The normalized spacial score (nSPS) is 12.2. The largest absolute Gasteiger partial charge is 0.456 e. The molecule has 4 aromatic heterocycles. The number of hydrogen-bond donors (Lipinski definition) is 0. The molecule has 4 heterocycles. The van der Waals surface area contributed by atoms with Crippen LogP contribution < -0.4 is 11.1 Å². The van der Waals surface area contributed by atoms with Gasteiger partial charge in [-0.1, -0.05) is 97.1 Å². The Bertz CT molecular complexity index is 3290. The lowest BCUT2D eigenvalue weighted by molar-refractivity contribution is 0.669. The molecule has 0 saturated carbocycles. The fraction of sp³-hybridized carbons (Fsp3) is 0. The van der Waals surface area contributed by atoms with Crippen LogP contribution in [0.1, 0.15) is 0 Å². The smallest absolute Gasteiger partial charge is 0.283 e. The standard InChI is InChI=1S/C44H25N3O3/c48-43-34-24-33-32-23-29(27-12-5-2-6-13-27)18-19-35(32)45(30-15-9-14-28(22-30)26-10-3-1-4-11-26)37(33)25-38(34)46-36-20-21-40-41(42(36)44(49)47(43)46)31-16-7-8-17-39(31)50-40/h1-25H. The van der Waals surface area contributed by atoms with E-state index >= 15 is 0 Å². The van der Waals surface area contributed by atoms with Gasteiger partial charge in [-0.05, 0) is 76.9 Å². The molecule has 0 amide bonds. The van der Waals surface area contributed by atoms with E-state index in [-0.39, 0.29) is 11.1 Å². The van der Waals surface area contributed by atoms with Gasteiger partial charge in [0.25, 0.3) is 11.1 Å². The van der Waals surface area contributed by atoms with Gasteiger partial charge in [0, 0.05) is 27.2 Å².